The maximum absolute atomic E-state index is 5.60. The van der Waals surface area contributed by atoms with Gasteiger partial charge in [0.05, 0.1) is 13.2 Å². The zero-order valence-corrected chi connectivity index (χ0v) is 11.7. The summed E-state index contributed by atoms with van der Waals surface area (Å²) in [6.07, 6.45) is 0. The molecule has 0 aliphatic heterocycles. The summed E-state index contributed by atoms with van der Waals surface area (Å²) in [5.41, 5.74) is 5.33. The summed E-state index contributed by atoms with van der Waals surface area (Å²) in [5, 5.41) is 0. The van der Waals surface area contributed by atoms with Crippen LogP contribution < -0.4 is 10.5 Å². The Labute approximate surface area is 115 Å². The highest BCUT2D eigenvalue weighted by Gasteiger charge is 1.98. The molecule has 0 aliphatic rings. The van der Waals surface area contributed by atoms with Gasteiger partial charge in [-0.15, -0.1) is 12.4 Å². The molecular formula is C13H23ClN2O2. The van der Waals surface area contributed by atoms with Crippen molar-refractivity contribution in [3.05, 3.63) is 30.3 Å². The van der Waals surface area contributed by atoms with Gasteiger partial charge in [0, 0.05) is 19.6 Å². The molecule has 0 heterocycles. The summed E-state index contributed by atoms with van der Waals surface area (Å²) in [6.45, 7) is 4.42. The van der Waals surface area contributed by atoms with Gasteiger partial charge in [-0.2, -0.15) is 0 Å². The Bertz CT molecular complexity index is 286. The van der Waals surface area contributed by atoms with Gasteiger partial charge in [-0.25, -0.2) is 0 Å². The van der Waals surface area contributed by atoms with Crippen molar-refractivity contribution in [2.24, 2.45) is 5.73 Å². The lowest BCUT2D eigenvalue weighted by molar-refractivity contribution is 0.112. The van der Waals surface area contributed by atoms with Gasteiger partial charge in [0.1, 0.15) is 12.4 Å². The smallest absolute Gasteiger partial charge is 0.119 e. The lowest BCUT2D eigenvalue weighted by Crippen LogP contribution is -2.28. The van der Waals surface area contributed by atoms with Crippen LogP contribution in [-0.4, -0.2) is 51.4 Å². The van der Waals surface area contributed by atoms with Crippen molar-refractivity contribution in [1.29, 1.82) is 0 Å². The average Bonchev–Trinajstić information content (AvgIpc) is 2.36. The highest BCUT2D eigenvalue weighted by molar-refractivity contribution is 5.85. The fraction of sp³-hybridized carbons (Fsp3) is 0.538. The average molecular weight is 275 g/mol. The summed E-state index contributed by atoms with van der Waals surface area (Å²) < 4.78 is 10.9. The zero-order valence-electron chi connectivity index (χ0n) is 10.9. The molecule has 5 heteroatoms. The molecular weight excluding hydrogens is 252 g/mol. The Morgan fingerprint density at radius 3 is 2.39 bits per heavy atom. The molecule has 0 radical (unpaired) electrons. The van der Waals surface area contributed by atoms with E-state index in [4.69, 9.17) is 15.2 Å². The third-order valence-corrected chi connectivity index (χ3v) is 2.36. The highest BCUT2D eigenvalue weighted by Crippen LogP contribution is 2.07. The molecule has 1 rings (SSSR count). The van der Waals surface area contributed by atoms with E-state index in [-0.39, 0.29) is 12.4 Å². The molecule has 1 aromatic carbocycles. The van der Waals surface area contributed by atoms with Crippen molar-refractivity contribution < 1.29 is 9.47 Å². The van der Waals surface area contributed by atoms with Crippen molar-refractivity contribution in [1.82, 2.24) is 4.90 Å². The van der Waals surface area contributed by atoms with Crippen LogP contribution in [0.25, 0.3) is 0 Å². The summed E-state index contributed by atoms with van der Waals surface area (Å²) in [5.74, 6) is 0.917. The second-order valence-corrected chi connectivity index (χ2v) is 3.87. The molecule has 0 atom stereocenters. The third kappa shape index (κ3) is 8.31. The number of ether oxygens (including phenoxy) is 2. The van der Waals surface area contributed by atoms with Gasteiger partial charge in [0.2, 0.25) is 0 Å². The van der Waals surface area contributed by atoms with Crippen LogP contribution in [0.15, 0.2) is 30.3 Å². The second kappa shape index (κ2) is 11.3. The fourth-order valence-electron chi connectivity index (χ4n) is 1.35. The lowest BCUT2D eigenvalue weighted by Gasteiger charge is -2.16. The number of halogens is 1. The quantitative estimate of drug-likeness (QED) is 0.692. The minimum Gasteiger partial charge on any atom is -0.492 e. The van der Waals surface area contributed by atoms with Crippen LogP contribution in [-0.2, 0) is 4.74 Å². The van der Waals surface area contributed by atoms with E-state index in [0.29, 0.717) is 19.8 Å². The predicted molar refractivity (Wildman–Crippen MR) is 76.6 cm³/mol. The molecule has 0 saturated heterocycles. The number of rotatable bonds is 9. The number of para-hydroxylation sites is 1. The minimum absolute atomic E-state index is 0. The largest absolute Gasteiger partial charge is 0.492 e. The molecule has 0 aliphatic carbocycles. The summed E-state index contributed by atoms with van der Waals surface area (Å²) in [4.78, 5) is 2.18. The Kier molecular flexibility index (Phi) is 10.8. The summed E-state index contributed by atoms with van der Waals surface area (Å²) in [6, 6.07) is 9.85. The van der Waals surface area contributed by atoms with Crippen LogP contribution in [0.5, 0.6) is 5.75 Å². The van der Waals surface area contributed by atoms with E-state index in [0.717, 1.165) is 25.4 Å². The molecule has 0 amide bonds. The zero-order chi connectivity index (χ0) is 12.3. The van der Waals surface area contributed by atoms with Gasteiger partial charge >= 0.3 is 0 Å². The first-order chi connectivity index (χ1) is 8.33. The first kappa shape index (κ1) is 17.2. The van der Waals surface area contributed by atoms with Gasteiger partial charge in [-0.3, -0.25) is 0 Å². The molecule has 18 heavy (non-hydrogen) atoms. The Hall–Kier alpha value is -0.810. The molecule has 0 aromatic heterocycles. The van der Waals surface area contributed by atoms with Crippen LogP contribution in [0.4, 0.5) is 0 Å². The molecule has 2 N–H and O–H groups in total. The van der Waals surface area contributed by atoms with Crippen LogP contribution >= 0.6 is 12.4 Å². The molecule has 0 spiro atoms. The summed E-state index contributed by atoms with van der Waals surface area (Å²) in [7, 11) is 2.06. The molecule has 1 aromatic rings. The molecule has 0 saturated carbocycles. The predicted octanol–water partition coefficient (Wildman–Crippen LogP) is 1.39. The van der Waals surface area contributed by atoms with E-state index in [2.05, 4.69) is 11.9 Å². The van der Waals surface area contributed by atoms with Crippen LogP contribution in [0.3, 0.4) is 0 Å². The van der Waals surface area contributed by atoms with E-state index in [9.17, 15) is 0 Å². The lowest BCUT2D eigenvalue weighted by atomic mass is 10.3. The van der Waals surface area contributed by atoms with Crippen molar-refractivity contribution >= 4 is 12.4 Å². The Balaban J connectivity index is 0.00000289. The SMILES string of the molecule is CN(CCOCCN)CCOc1ccccc1.Cl. The molecule has 104 valence electrons. The first-order valence-corrected chi connectivity index (χ1v) is 5.97. The number of likely N-dealkylation sites (N-methyl/N-ethyl adjacent to an activating group) is 1. The van der Waals surface area contributed by atoms with E-state index < -0.39 is 0 Å². The first-order valence-electron chi connectivity index (χ1n) is 5.97. The normalized spacial score (nSPS) is 10.2. The number of benzene rings is 1. The number of hydrogen-bond acceptors (Lipinski definition) is 4. The van der Waals surface area contributed by atoms with Crippen LogP contribution in [0.2, 0.25) is 0 Å². The molecule has 0 bridgehead atoms. The van der Waals surface area contributed by atoms with Crippen LogP contribution in [0, 0.1) is 0 Å². The van der Waals surface area contributed by atoms with E-state index in [1.807, 2.05) is 30.3 Å². The van der Waals surface area contributed by atoms with Gasteiger partial charge in [-0.05, 0) is 19.2 Å². The number of nitrogens with zero attached hydrogens (tertiary/aromatic N) is 1. The Morgan fingerprint density at radius 2 is 1.72 bits per heavy atom. The van der Waals surface area contributed by atoms with Crippen molar-refractivity contribution in [3.8, 4) is 5.75 Å². The van der Waals surface area contributed by atoms with Gasteiger partial charge in [0.15, 0.2) is 0 Å². The molecule has 0 unspecified atom stereocenters. The van der Waals surface area contributed by atoms with E-state index >= 15 is 0 Å². The van der Waals surface area contributed by atoms with Gasteiger partial charge in [-0.1, -0.05) is 18.2 Å². The molecule has 0 fully saturated rings. The summed E-state index contributed by atoms with van der Waals surface area (Å²) >= 11 is 0. The second-order valence-electron chi connectivity index (χ2n) is 3.87. The van der Waals surface area contributed by atoms with Crippen molar-refractivity contribution in [2.75, 3.05) is 46.5 Å². The standard InChI is InChI=1S/C13H22N2O2.ClH/c1-15(8-11-16-10-7-14)9-12-17-13-5-3-2-4-6-13;/h2-6H,7-12,14H2,1H3;1H. The van der Waals surface area contributed by atoms with E-state index in [1.165, 1.54) is 0 Å². The minimum atomic E-state index is 0. The van der Waals surface area contributed by atoms with Crippen molar-refractivity contribution in [3.63, 3.8) is 0 Å². The number of hydrogen-bond donors (Lipinski definition) is 1. The van der Waals surface area contributed by atoms with Crippen molar-refractivity contribution in [2.45, 2.75) is 0 Å². The van der Waals surface area contributed by atoms with Gasteiger partial charge in [0.25, 0.3) is 0 Å². The topological polar surface area (TPSA) is 47.7 Å². The third-order valence-electron chi connectivity index (χ3n) is 2.36. The van der Waals surface area contributed by atoms with Gasteiger partial charge < -0.3 is 20.1 Å². The maximum Gasteiger partial charge on any atom is 0.119 e. The monoisotopic (exact) mass is 274 g/mol. The number of nitrogens with two attached hydrogens (primary N) is 1. The fourth-order valence-corrected chi connectivity index (χ4v) is 1.35. The molecule has 4 nitrogen and oxygen atoms in total. The van der Waals surface area contributed by atoms with Crippen LogP contribution in [0.1, 0.15) is 0 Å². The Morgan fingerprint density at radius 1 is 1.06 bits per heavy atom. The van der Waals surface area contributed by atoms with E-state index in [1.54, 1.807) is 0 Å². The highest BCUT2D eigenvalue weighted by atomic mass is 35.5. The maximum atomic E-state index is 5.60.